The maximum absolute atomic E-state index is 10.6. The van der Waals surface area contributed by atoms with E-state index in [1.54, 1.807) is 0 Å². The van der Waals surface area contributed by atoms with E-state index in [1.165, 1.54) is 24.3 Å². The molecule has 0 fully saturated rings. The SMILES string of the molecule is C=C[C@@H](N)c1cc(Cl)ccc1[N+](=O)[O-]. The molecule has 0 bridgehead atoms. The van der Waals surface area contributed by atoms with Crippen LogP contribution in [0.2, 0.25) is 5.02 Å². The van der Waals surface area contributed by atoms with Gasteiger partial charge in [-0.3, -0.25) is 10.1 Å². The van der Waals surface area contributed by atoms with Crippen LogP contribution >= 0.6 is 11.6 Å². The summed E-state index contributed by atoms with van der Waals surface area (Å²) in [6, 6.07) is 3.69. The summed E-state index contributed by atoms with van der Waals surface area (Å²) in [5, 5.41) is 11.0. The van der Waals surface area contributed by atoms with Crippen molar-refractivity contribution in [1.82, 2.24) is 0 Å². The van der Waals surface area contributed by atoms with Crippen molar-refractivity contribution in [3.8, 4) is 0 Å². The van der Waals surface area contributed by atoms with Crippen molar-refractivity contribution in [2.45, 2.75) is 6.04 Å². The molecule has 1 aromatic rings. The average Bonchev–Trinajstić information content (AvgIpc) is 2.16. The third-order valence-electron chi connectivity index (χ3n) is 1.80. The fourth-order valence-corrected chi connectivity index (χ4v) is 1.27. The molecule has 0 radical (unpaired) electrons. The van der Waals surface area contributed by atoms with E-state index in [4.69, 9.17) is 17.3 Å². The first-order valence-corrected chi connectivity index (χ1v) is 4.26. The second-order valence-corrected chi connectivity index (χ2v) is 3.16. The molecule has 4 nitrogen and oxygen atoms in total. The maximum Gasteiger partial charge on any atom is 0.274 e. The zero-order valence-electron chi connectivity index (χ0n) is 7.31. The first-order chi connectivity index (χ1) is 6.56. The molecule has 1 atom stereocenters. The lowest BCUT2D eigenvalue weighted by atomic mass is 10.1. The Balaban J connectivity index is 3.29. The molecule has 0 amide bonds. The number of halogens is 1. The minimum Gasteiger partial charge on any atom is -0.321 e. The molecular formula is C9H9ClN2O2. The van der Waals surface area contributed by atoms with Crippen molar-refractivity contribution in [1.29, 1.82) is 0 Å². The summed E-state index contributed by atoms with van der Waals surface area (Å²) >= 11 is 5.71. The van der Waals surface area contributed by atoms with Crippen molar-refractivity contribution in [2.24, 2.45) is 5.73 Å². The number of nitro benzene ring substituents is 1. The Kier molecular flexibility index (Phi) is 3.22. The highest BCUT2D eigenvalue weighted by molar-refractivity contribution is 6.30. The van der Waals surface area contributed by atoms with E-state index in [1.807, 2.05) is 0 Å². The molecule has 2 N–H and O–H groups in total. The van der Waals surface area contributed by atoms with Crippen LogP contribution in [0.25, 0.3) is 0 Å². The molecule has 0 spiro atoms. The number of nitrogens with zero attached hydrogens (tertiary/aromatic N) is 1. The van der Waals surface area contributed by atoms with Gasteiger partial charge in [0, 0.05) is 11.1 Å². The molecule has 0 aliphatic carbocycles. The molecule has 1 rings (SSSR count). The smallest absolute Gasteiger partial charge is 0.274 e. The summed E-state index contributed by atoms with van der Waals surface area (Å²) in [5.74, 6) is 0. The Morgan fingerprint density at radius 3 is 2.79 bits per heavy atom. The maximum atomic E-state index is 10.6. The van der Waals surface area contributed by atoms with E-state index < -0.39 is 11.0 Å². The van der Waals surface area contributed by atoms with Gasteiger partial charge in [-0.05, 0) is 12.1 Å². The number of nitro groups is 1. The normalized spacial score (nSPS) is 12.1. The minimum absolute atomic E-state index is 0.0400. The van der Waals surface area contributed by atoms with Crippen LogP contribution in [0.15, 0.2) is 30.9 Å². The Morgan fingerprint density at radius 1 is 1.64 bits per heavy atom. The number of nitrogens with two attached hydrogens (primary N) is 1. The van der Waals surface area contributed by atoms with Gasteiger partial charge in [0.2, 0.25) is 0 Å². The Bertz CT molecular complexity index is 379. The van der Waals surface area contributed by atoms with Gasteiger partial charge in [0.1, 0.15) is 0 Å². The third kappa shape index (κ3) is 2.10. The van der Waals surface area contributed by atoms with E-state index >= 15 is 0 Å². The third-order valence-corrected chi connectivity index (χ3v) is 2.03. The van der Waals surface area contributed by atoms with Crippen LogP contribution in [0.5, 0.6) is 0 Å². The monoisotopic (exact) mass is 212 g/mol. The number of hydrogen-bond acceptors (Lipinski definition) is 3. The number of benzene rings is 1. The highest BCUT2D eigenvalue weighted by atomic mass is 35.5. The molecule has 14 heavy (non-hydrogen) atoms. The number of hydrogen-bond donors (Lipinski definition) is 1. The van der Waals surface area contributed by atoms with E-state index in [2.05, 4.69) is 6.58 Å². The van der Waals surface area contributed by atoms with Crippen LogP contribution in [-0.4, -0.2) is 4.92 Å². The summed E-state index contributed by atoms with van der Waals surface area (Å²) in [6.07, 6.45) is 1.43. The summed E-state index contributed by atoms with van der Waals surface area (Å²) in [4.78, 5) is 10.1. The zero-order chi connectivity index (χ0) is 10.7. The van der Waals surface area contributed by atoms with E-state index in [0.29, 0.717) is 10.6 Å². The van der Waals surface area contributed by atoms with Crippen LogP contribution in [0.4, 0.5) is 5.69 Å². The van der Waals surface area contributed by atoms with E-state index in [0.717, 1.165) is 0 Å². The van der Waals surface area contributed by atoms with Crippen molar-refractivity contribution in [3.05, 3.63) is 51.6 Å². The van der Waals surface area contributed by atoms with Gasteiger partial charge < -0.3 is 5.73 Å². The second-order valence-electron chi connectivity index (χ2n) is 2.72. The van der Waals surface area contributed by atoms with Gasteiger partial charge in [0.25, 0.3) is 5.69 Å². The first kappa shape index (κ1) is 10.7. The average molecular weight is 213 g/mol. The van der Waals surface area contributed by atoms with Crippen LogP contribution in [0.3, 0.4) is 0 Å². The quantitative estimate of drug-likeness (QED) is 0.475. The lowest BCUT2D eigenvalue weighted by Crippen LogP contribution is -2.09. The summed E-state index contributed by atoms with van der Waals surface area (Å²) in [7, 11) is 0. The molecule has 0 aliphatic heterocycles. The molecule has 0 aromatic heterocycles. The standard InChI is InChI=1S/C9H9ClN2O2/c1-2-8(11)7-5-6(10)3-4-9(7)12(13)14/h2-5,8H,1,11H2/t8-/m1/s1. The van der Waals surface area contributed by atoms with Gasteiger partial charge in [0.05, 0.1) is 16.5 Å². The predicted octanol–water partition coefficient (Wildman–Crippen LogP) is 2.43. The molecule has 5 heteroatoms. The number of rotatable bonds is 3. The lowest BCUT2D eigenvalue weighted by molar-refractivity contribution is -0.385. The van der Waals surface area contributed by atoms with Gasteiger partial charge in [0.15, 0.2) is 0 Å². The zero-order valence-corrected chi connectivity index (χ0v) is 8.07. The highest BCUT2D eigenvalue weighted by Gasteiger charge is 2.17. The molecule has 74 valence electrons. The summed E-state index contributed by atoms with van der Waals surface area (Å²) in [6.45, 7) is 3.48. The van der Waals surface area contributed by atoms with E-state index in [9.17, 15) is 10.1 Å². The topological polar surface area (TPSA) is 69.2 Å². The van der Waals surface area contributed by atoms with Gasteiger partial charge in [-0.2, -0.15) is 0 Å². The summed E-state index contributed by atoms with van der Waals surface area (Å²) < 4.78 is 0. The van der Waals surface area contributed by atoms with E-state index in [-0.39, 0.29) is 5.69 Å². The van der Waals surface area contributed by atoms with Crippen LogP contribution < -0.4 is 5.73 Å². The Morgan fingerprint density at radius 2 is 2.29 bits per heavy atom. The molecule has 0 heterocycles. The van der Waals surface area contributed by atoms with Crippen LogP contribution in [-0.2, 0) is 0 Å². The van der Waals surface area contributed by atoms with Gasteiger partial charge in [-0.15, -0.1) is 6.58 Å². The fourth-order valence-electron chi connectivity index (χ4n) is 1.09. The van der Waals surface area contributed by atoms with Crippen LogP contribution in [0.1, 0.15) is 11.6 Å². The molecule has 1 aromatic carbocycles. The van der Waals surface area contributed by atoms with Gasteiger partial charge in [-0.25, -0.2) is 0 Å². The van der Waals surface area contributed by atoms with Gasteiger partial charge >= 0.3 is 0 Å². The molecular weight excluding hydrogens is 204 g/mol. The Hall–Kier alpha value is -1.39. The predicted molar refractivity (Wildman–Crippen MR) is 55.2 cm³/mol. The molecule has 0 aliphatic rings. The molecule has 0 saturated heterocycles. The molecule has 0 saturated carbocycles. The Labute approximate surface area is 86.1 Å². The van der Waals surface area contributed by atoms with Crippen molar-refractivity contribution in [2.75, 3.05) is 0 Å². The largest absolute Gasteiger partial charge is 0.321 e. The summed E-state index contributed by atoms with van der Waals surface area (Å²) in [5.41, 5.74) is 5.95. The molecule has 0 unspecified atom stereocenters. The van der Waals surface area contributed by atoms with Gasteiger partial charge in [-0.1, -0.05) is 17.7 Å². The van der Waals surface area contributed by atoms with Crippen molar-refractivity contribution in [3.63, 3.8) is 0 Å². The fraction of sp³-hybridized carbons (Fsp3) is 0.111. The lowest BCUT2D eigenvalue weighted by Gasteiger charge is -2.07. The van der Waals surface area contributed by atoms with Crippen molar-refractivity contribution < 1.29 is 4.92 Å². The second kappa shape index (κ2) is 4.21. The van der Waals surface area contributed by atoms with Crippen molar-refractivity contribution >= 4 is 17.3 Å². The first-order valence-electron chi connectivity index (χ1n) is 3.88. The highest BCUT2D eigenvalue weighted by Crippen LogP contribution is 2.27. The van der Waals surface area contributed by atoms with Crippen LogP contribution in [0, 0.1) is 10.1 Å². The minimum atomic E-state index is -0.575.